The summed E-state index contributed by atoms with van der Waals surface area (Å²) in [6.45, 7) is 1.04. The van der Waals surface area contributed by atoms with Crippen molar-refractivity contribution in [2.75, 3.05) is 19.5 Å². The third-order valence-corrected chi connectivity index (χ3v) is 4.84. The molecule has 3 N–H and O–H groups in total. The highest BCUT2D eigenvalue weighted by molar-refractivity contribution is 5.89. The van der Waals surface area contributed by atoms with Gasteiger partial charge in [-0.1, -0.05) is 23.4 Å². The fourth-order valence-electron chi connectivity index (χ4n) is 3.49. The number of nitrogens with zero attached hydrogens (tertiary/aromatic N) is 4. The van der Waals surface area contributed by atoms with Crippen LogP contribution in [0.3, 0.4) is 0 Å². The molecule has 0 bridgehead atoms. The smallest absolute Gasteiger partial charge is 0.338 e. The third kappa shape index (κ3) is 4.02. The number of fused-ring (bicyclic) bond motifs is 1. The molecule has 1 aliphatic heterocycles. The van der Waals surface area contributed by atoms with E-state index in [1.54, 1.807) is 30.3 Å². The van der Waals surface area contributed by atoms with Crippen molar-refractivity contribution >= 4 is 29.1 Å². The van der Waals surface area contributed by atoms with Gasteiger partial charge in [0.2, 0.25) is 5.95 Å². The van der Waals surface area contributed by atoms with E-state index >= 15 is 0 Å². The van der Waals surface area contributed by atoms with Crippen molar-refractivity contribution in [1.82, 2.24) is 25.0 Å². The van der Waals surface area contributed by atoms with Crippen molar-refractivity contribution in [3.8, 4) is 0 Å². The van der Waals surface area contributed by atoms with E-state index < -0.39 is 42.0 Å². The first-order chi connectivity index (χ1) is 15.4. The Kier molecular flexibility index (Phi) is 5.83. The highest BCUT2D eigenvalue weighted by atomic mass is 16.6. The minimum Gasteiger partial charge on any atom is -0.459 e. The number of aromatic nitrogens is 5. The van der Waals surface area contributed by atoms with Gasteiger partial charge in [0.15, 0.2) is 23.5 Å². The lowest BCUT2D eigenvalue weighted by Crippen LogP contribution is -2.39. The van der Waals surface area contributed by atoms with E-state index in [2.05, 4.69) is 20.3 Å². The standard InChI is InChI=1S/C19H20N6O7/c1-9(26)31-14-13(29-2)11(8-30-18(28)10-6-4-3-5-7-10)32-17(14)25-15-12(23-24-25)16(27)22-19(20)21-15/h3-7,11,13-14,17H,8H2,1-2H3,(H3,20,21,22,27)/t11-,13-,14-,17+/m1/s1. The van der Waals surface area contributed by atoms with Crippen molar-refractivity contribution in [2.45, 2.75) is 31.5 Å². The van der Waals surface area contributed by atoms with Gasteiger partial charge >= 0.3 is 11.9 Å². The maximum absolute atomic E-state index is 12.3. The zero-order valence-corrected chi connectivity index (χ0v) is 17.1. The number of carbonyl (C=O) groups excluding carboxylic acids is 2. The van der Waals surface area contributed by atoms with E-state index in [0.717, 1.165) is 0 Å². The number of nitrogen functional groups attached to an aromatic ring is 1. The van der Waals surface area contributed by atoms with Crippen LogP contribution in [-0.4, -0.2) is 68.9 Å². The van der Waals surface area contributed by atoms with E-state index in [9.17, 15) is 14.4 Å². The minimum absolute atomic E-state index is 0.0326. The zero-order valence-electron chi connectivity index (χ0n) is 17.1. The molecule has 13 heteroatoms. The molecule has 0 saturated carbocycles. The molecule has 0 unspecified atom stereocenters. The lowest BCUT2D eigenvalue weighted by Gasteiger charge is -2.22. The number of hydrogen-bond acceptors (Lipinski definition) is 11. The number of aromatic amines is 1. The second-order valence-electron chi connectivity index (χ2n) is 6.96. The van der Waals surface area contributed by atoms with E-state index in [-0.39, 0.29) is 23.7 Å². The van der Waals surface area contributed by atoms with Gasteiger partial charge in [-0.15, -0.1) is 5.10 Å². The summed E-state index contributed by atoms with van der Waals surface area (Å²) in [6.07, 6.45) is -3.69. The average molecular weight is 444 g/mol. The molecule has 4 atom stereocenters. The van der Waals surface area contributed by atoms with Crippen molar-refractivity contribution in [3.63, 3.8) is 0 Å². The molecule has 2 aromatic heterocycles. The Morgan fingerprint density at radius 1 is 1.25 bits per heavy atom. The molecular formula is C19H20N6O7. The monoisotopic (exact) mass is 444 g/mol. The molecule has 1 aromatic carbocycles. The van der Waals surface area contributed by atoms with Crippen molar-refractivity contribution in [3.05, 3.63) is 46.2 Å². The normalized spacial score (nSPS) is 22.7. The van der Waals surface area contributed by atoms with Crippen molar-refractivity contribution < 1.29 is 28.5 Å². The molecule has 0 amide bonds. The number of methoxy groups -OCH3 is 1. The number of rotatable bonds is 6. The summed E-state index contributed by atoms with van der Waals surface area (Å²) in [5.74, 6) is -1.30. The molecule has 168 valence electrons. The van der Waals surface area contributed by atoms with Crippen LogP contribution in [0.1, 0.15) is 23.5 Å². The largest absolute Gasteiger partial charge is 0.459 e. The minimum atomic E-state index is -1.07. The third-order valence-electron chi connectivity index (χ3n) is 4.84. The van der Waals surface area contributed by atoms with Crippen LogP contribution in [0.2, 0.25) is 0 Å². The highest BCUT2D eigenvalue weighted by Crippen LogP contribution is 2.34. The summed E-state index contributed by atoms with van der Waals surface area (Å²) in [6, 6.07) is 8.43. The Labute approximate surface area is 180 Å². The summed E-state index contributed by atoms with van der Waals surface area (Å²) < 4.78 is 23.4. The predicted molar refractivity (Wildman–Crippen MR) is 107 cm³/mol. The first kappa shape index (κ1) is 21.4. The molecule has 0 radical (unpaired) electrons. The number of benzene rings is 1. The summed E-state index contributed by atoms with van der Waals surface area (Å²) in [7, 11) is 1.40. The molecule has 32 heavy (non-hydrogen) atoms. The summed E-state index contributed by atoms with van der Waals surface area (Å²) in [4.78, 5) is 42.5. The van der Waals surface area contributed by atoms with Crippen molar-refractivity contribution in [1.29, 1.82) is 0 Å². The van der Waals surface area contributed by atoms with E-state index in [0.29, 0.717) is 5.56 Å². The molecule has 1 fully saturated rings. The topological polar surface area (TPSA) is 174 Å². The van der Waals surface area contributed by atoms with Gasteiger partial charge in [0, 0.05) is 14.0 Å². The molecule has 0 spiro atoms. The van der Waals surface area contributed by atoms with Crippen LogP contribution in [0.15, 0.2) is 35.1 Å². The van der Waals surface area contributed by atoms with Gasteiger partial charge in [0.05, 0.1) is 5.56 Å². The Morgan fingerprint density at radius 2 is 2.00 bits per heavy atom. The number of hydrogen-bond donors (Lipinski definition) is 2. The Morgan fingerprint density at radius 3 is 2.69 bits per heavy atom. The van der Waals surface area contributed by atoms with E-state index in [4.69, 9.17) is 24.7 Å². The maximum atomic E-state index is 12.3. The number of esters is 2. The van der Waals surface area contributed by atoms with Gasteiger partial charge in [-0.2, -0.15) is 9.67 Å². The Hall–Kier alpha value is -3.84. The van der Waals surface area contributed by atoms with Crippen LogP contribution in [0, 0.1) is 0 Å². The molecule has 13 nitrogen and oxygen atoms in total. The van der Waals surface area contributed by atoms with Gasteiger partial charge < -0.3 is 24.7 Å². The molecule has 1 saturated heterocycles. The maximum Gasteiger partial charge on any atom is 0.338 e. The number of nitrogens with two attached hydrogens (primary N) is 1. The molecule has 4 rings (SSSR count). The molecule has 3 heterocycles. The van der Waals surface area contributed by atoms with Crippen LogP contribution < -0.4 is 11.3 Å². The predicted octanol–water partition coefficient (Wildman–Crippen LogP) is -0.202. The van der Waals surface area contributed by atoms with Gasteiger partial charge in [-0.05, 0) is 12.1 Å². The highest BCUT2D eigenvalue weighted by Gasteiger charge is 2.50. The van der Waals surface area contributed by atoms with Crippen LogP contribution in [-0.2, 0) is 23.7 Å². The zero-order chi connectivity index (χ0) is 22.8. The number of H-pyrrole nitrogens is 1. The van der Waals surface area contributed by atoms with Gasteiger partial charge in [-0.3, -0.25) is 14.6 Å². The van der Waals surface area contributed by atoms with E-state index in [1.165, 1.54) is 18.7 Å². The van der Waals surface area contributed by atoms with Crippen LogP contribution in [0.4, 0.5) is 5.95 Å². The second-order valence-corrected chi connectivity index (χ2v) is 6.96. The lowest BCUT2D eigenvalue weighted by atomic mass is 10.1. The summed E-state index contributed by atoms with van der Waals surface area (Å²) >= 11 is 0. The molecule has 1 aliphatic rings. The van der Waals surface area contributed by atoms with Crippen molar-refractivity contribution in [2.24, 2.45) is 0 Å². The summed E-state index contributed by atoms with van der Waals surface area (Å²) in [5, 5.41) is 7.74. The number of anilines is 1. The van der Waals surface area contributed by atoms with Crippen LogP contribution in [0.5, 0.6) is 0 Å². The van der Waals surface area contributed by atoms with Crippen LogP contribution >= 0.6 is 0 Å². The van der Waals surface area contributed by atoms with Gasteiger partial charge in [0.25, 0.3) is 5.56 Å². The second kappa shape index (κ2) is 8.72. The fourth-order valence-corrected chi connectivity index (χ4v) is 3.49. The first-order valence-corrected chi connectivity index (χ1v) is 9.57. The Bertz CT molecular complexity index is 1190. The Balaban J connectivity index is 1.63. The number of nitrogens with one attached hydrogen (secondary N) is 1. The summed E-state index contributed by atoms with van der Waals surface area (Å²) in [5.41, 5.74) is 5.38. The molecule has 3 aromatic rings. The van der Waals surface area contributed by atoms with Crippen LogP contribution in [0.25, 0.3) is 11.2 Å². The van der Waals surface area contributed by atoms with E-state index in [1.807, 2.05) is 0 Å². The lowest BCUT2D eigenvalue weighted by molar-refractivity contribution is -0.157. The molecular weight excluding hydrogens is 424 g/mol. The SMILES string of the molecule is CO[C@H]1[C@@H](OC(C)=O)[C@@H](n2nnc3c(=O)[nH]c(N)nc32)O[C@@H]1COC(=O)c1ccccc1. The van der Waals surface area contributed by atoms with Gasteiger partial charge in [0.1, 0.15) is 18.8 Å². The fraction of sp³-hybridized carbons (Fsp3) is 0.368. The quantitative estimate of drug-likeness (QED) is 0.482. The number of ether oxygens (including phenoxy) is 4. The number of carbonyl (C=O) groups is 2. The first-order valence-electron chi connectivity index (χ1n) is 9.57. The average Bonchev–Trinajstić information content (AvgIpc) is 3.33. The molecule has 0 aliphatic carbocycles. The van der Waals surface area contributed by atoms with Gasteiger partial charge in [-0.25, -0.2) is 4.79 Å².